The van der Waals surface area contributed by atoms with Crippen LogP contribution < -0.4 is 0 Å². The van der Waals surface area contributed by atoms with Crippen LogP contribution in [0.15, 0.2) is 12.2 Å². The summed E-state index contributed by atoms with van der Waals surface area (Å²) in [6.45, 7) is 1.62. The van der Waals surface area contributed by atoms with Gasteiger partial charge in [-0.05, 0) is 24.7 Å². The molecule has 0 radical (unpaired) electrons. The Morgan fingerprint density at radius 1 is 1.32 bits per heavy atom. The van der Waals surface area contributed by atoms with E-state index in [2.05, 4.69) is 12.2 Å². The molecular formula is C14H20Cl2O3. The van der Waals surface area contributed by atoms with Crippen LogP contribution in [0.25, 0.3) is 0 Å². The molecule has 19 heavy (non-hydrogen) atoms. The minimum absolute atomic E-state index is 0.0345. The fraction of sp³-hybridized carbons (Fsp3) is 0.857. The Morgan fingerprint density at radius 3 is 2.89 bits per heavy atom. The van der Waals surface area contributed by atoms with Crippen molar-refractivity contribution in [1.29, 1.82) is 0 Å². The second-order valence-electron chi connectivity index (χ2n) is 5.69. The van der Waals surface area contributed by atoms with E-state index in [0.29, 0.717) is 37.5 Å². The Hall–Kier alpha value is 0.200. The highest BCUT2D eigenvalue weighted by Crippen LogP contribution is 2.46. The summed E-state index contributed by atoms with van der Waals surface area (Å²) in [5.41, 5.74) is 0. The molecule has 108 valence electrons. The molecule has 2 bridgehead atoms. The van der Waals surface area contributed by atoms with Crippen molar-refractivity contribution in [2.75, 3.05) is 25.7 Å². The van der Waals surface area contributed by atoms with Crippen LogP contribution in [0.4, 0.5) is 0 Å². The molecule has 1 saturated carbocycles. The van der Waals surface area contributed by atoms with Crippen molar-refractivity contribution in [3.63, 3.8) is 0 Å². The van der Waals surface area contributed by atoms with Crippen LogP contribution in [-0.2, 0) is 14.2 Å². The second-order valence-corrected chi connectivity index (χ2v) is 6.62. The van der Waals surface area contributed by atoms with E-state index in [4.69, 9.17) is 37.4 Å². The van der Waals surface area contributed by atoms with E-state index in [1.807, 2.05) is 0 Å². The third kappa shape index (κ3) is 3.27. The van der Waals surface area contributed by atoms with E-state index >= 15 is 0 Å². The highest BCUT2D eigenvalue weighted by molar-refractivity contribution is 6.28. The Labute approximate surface area is 124 Å². The predicted octanol–water partition coefficient (Wildman–Crippen LogP) is 2.80. The Kier molecular flexibility index (Phi) is 4.70. The van der Waals surface area contributed by atoms with Gasteiger partial charge in [-0.2, -0.15) is 0 Å². The van der Waals surface area contributed by atoms with Crippen molar-refractivity contribution in [2.45, 2.75) is 30.6 Å². The van der Waals surface area contributed by atoms with Crippen LogP contribution in [0.1, 0.15) is 12.8 Å². The smallest absolute Gasteiger partial charge is 0.161 e. The third-order valence-electron chi connectivity index (χ3n) is 4.22. The van der Waals surface area contributed by atoms with Gasteiger partial charge in [-0.1, -0.05) is 12.2 Å². The van der Waals surface area contributed by atoms with E-state index in [1.165, 1.54) is 12.8 Å². The molecule has 1 heterocycles. The van der Waals surface area contributed by atoms with Gasteiger partial charge in [0.25, 0.3) is 0 Å². The second kappa shape index (κ2) is 6.31. The summed E-state index contributed by atoms with van der Waals surface area (Å²) in [6, 6.07) is 0. The van der Waals surface area contributed by atoms with Crippen molar-refractivity contribution in [2.24, 2.45) is 17.8 Å². The molecule has 0 aromatic rings. The molecule has 0 spiro atoms. The first-order valence-electron chi connectivity index (χ1n) is 6.99. The van der Waals surface area contributed by atoms with Crippen LogP contribution in [0.3, 0.4) is 0 Å². The van der Waals surface area contributed by atoms with E-state index in [-0.39, 0.29) is 17.8 Å². The molecule has 3 nitrogen and oxygen atoms in total. The van der Waals surface area contributed by atoms with Gasteiger partial charge in [-0.15, -0.1) is 23.2 Å². The van der Waals surface area contributed by atoms with E-state index in [9.17, 15) is 0 Å². The minimum atomic E-state index is -0.129. The van der Waals surface area contributed by atoms with E-state index in [0.717, 1.165) is 5.92 Å². The van der Waals surface area contributed by atoms with Crippen LogP contribution in [0, 0.1) is 17.8 Å². The number of hydrogen-bond acceptors (Lipinski definition) is 3. The normalized spacial score (nSPS) is 42.1. The molecule has 0 aromatic carbocycles. The van der Waals surface area contributed by atoms with Gasteiger partial charge in [0.05, 0.1) is 25.2 Å². The Balaban J connectivity index is 1.40. The third-order valence-corrected chi connectivity index (χ3v) is 5.03. The SMILES string of the molecule is ClC[C@H](Cl)COC[C@@H]1CO[C@H]([C@@H]2C[C@H]3C=C[C@H]2C3)O1. The van der Waals surface area contributed by atoms with Crippen molar-refractivity contribution >= 4 is 23.2 Å². The number of ether oxygens (including phenoxy) is 3. The average Bonchev–Trinajstić information content (AvgIpc) is 3.13. The summed E-state index contributed by atoms with van der Waals surface area (Å²) in [7, 11) is 0. The number of hydrogen-bond donors (Lipinski definition) is 0. The lowest BCUT2D eigenvalue weighted by molar-refractivity contribution is -0.111. The summed E-state index contributed by atoms with van der Waals surface area (Å²) < 4.78 is 17.3. The van der Waals surface area contributed by atoms with Gasteiger partial charge in [0, 0.05) is 11.8 Å². The summed E-state index contributed by atoms with van der Waals surface area (Å²) in [6.07, 6.45) is 7.13. The molecule has 6 atom stereocenters. The van der Waals surface area contributed by atoms with Gasteiger partial charge in [-0.3, -0.25) is 0 Å². The van der Waals surface area contributed by atoms with Crippen LogP contribution >= 0.6 is 23.2 Å². The van der Waals surface area contributed by atoms with Crippen molar-refractivity contribution < 1.29 is 14.2 Å². The molecule has 0 unspecified atom stereocenters. The quantitative estimate of drug-likeness (QED) is 0.558. The summed E-state index contributed by atoms with van der Waals surface area (Å²) >= 11 is 11.5. The molecule has 1 aliphatic heterocycles. The van der Waals surface area contributed by atoms with Gasteiger partial charge < -0.3 is 14.2 Å². The van der Waals surface area contributed by atoms with Crippen LogP contribution in [-0.4, -0.2) is 43.5 Å². The molecule has 3 rings (SSSR count). The fourth-order valence-electron chi connectivity index (χ4n) is 3.29. The largest absolute Gasteiger partial charge is 0.377 e. The van der Waals surface area contributed by atoms with Gasteiger partial charge >= 0.3 is 0 Å². The fourth-order valence-corrected chi connectivity index (χ4v) is 3.47. The maximum atomic E-state index is 5.96. The first kappa shape index (κ1) is 14.2. The first-order valence-corrected chi connectivity index (χ1v) is 7.96. The topological polar surface area (TPSA) is 27.7 Å². The van der Waals surface area contributed by atoms with Crippen molar-refractivity contribution in [3.05, 3.63) is 12.2 Å². The van der Waals surface area contributed by atoms with E-state index in [1.54, 1.807) is 0 Å². The number of rotatable bonds is 6. The van der Waals surface area contributed by atoms with Crippen molar-refractivity contribution in [3.8, 4) is 0 Å². The van der Waals surface area contributed by atoms with Gasteiger partial charge in [0.2, 0.25) is 0 Å². The number of halogens is 2. The van der Waals surface area contributed by atoms with Crippen molar-refractivity contribution in [1.82, 2.24) is 0 Å². The zero-order chi connectivity index (χ0) is 13.2. The molecule has 5 heteroatoms. The predicted molar refractivity (Wildman–Crippen MR) is 74.6 cm³/mol. The maximum absolute atomic E-state index is 5.96. The highest BCUT2D eigenvalue weighted by Gasteiger charge is 2.44. The van der Waals surface area contributed by atoms with Gasteiger partial charge in [0.15, 0.2) is 6.29 Å². The lowest BCUT2D eigenvalue weighted by Gasteiger charge is -2.23. The standard InChI is InChI=1S/C14H20Cl2O3/c15-5-11(16)6-17-7-12-8-18-14(19-12)13-4-9-1-2-10(13)3-9/h1-2,9-14H,3-8H2/t9-,10-,11-,12+,13+,14-/m0/s1. The molecule has 1 saturated heterocycles. The summed E-state index contributed by atoms with van der Waals surface area (Å²) in [4.78, 5) is 0. The summed E-state index contributed by atoms with van der Waals surface area (Å²) in [5, 5.41) is -0.129. The monoisotopic (exact) mass is 306 g/mol. The molecular weight excluding hydrogens is 287 g/mol. The number of alkyl halides is 2. The zero-order valence-electron chi connectivity index (χ0n) is 10.8. The van der Waals surface area contributed by atoms with Gasteiger partial charge in [-0.25, -0.2) is 0 Å². The summed E-state index contributed by atoms with van der Waals surface area (Å²) in [5.74, 6) is 2.34. The number of allylic oxidation sites excluding steroid dienone is 2. The average molecular weight is 307 g/mol. The molecule has 0 aromatic heterocycles. The van der Waals surface area contributed by atoms with Gasteiger partial charge in [0.1, 0.15) is 6.10 Å². The van der Waals surface area contributed by atoms with Crippen LogP contribution in [0.5, 0.6) is 0 Å². The number of fused-ring (bicyclic) bond motifs is 2. The Morgan fingerprint density at radius 2 is 2.21 bits per heavy atom. The zero-order valence-corrected chi connectivity index (χ0v) is 12.4. The molecule has 0 N–H and O–H groups in total. The molecule has 2 aliphatic carbocycles. The van der Waals surface area contributed by atoms with Crippen LogP contribution in [0.2, 0.25) is 0 Å². The molecule has 2 fully saturated rings. The lowest BCUT2D eigenvalue weighted by atomic mass is 9.93. The maximum Gasteiger partial charge on any atom is 0.161 e. The van der Waals surface area contributed by atoms with E-state index < -0.39 is 0 Å². The molecule has 0 amide bonds. The lowest BCUT2D eigenvalue weighted by Crippen LogP contribution is -2.27. The highest BCUT2D eigenvalue weighted by atomic mass is 35.5. The Bertz CT molecular complexity index is 337. The molecule has 3 aliphatic rings. The minimum Gasteiger partial charge on any atom is -0.377 e. The first-order chi connectivity index (χ1) is 9.26.